The Kier molecular flexibility index (Phi) is 6.38. The average molecular weight is 378 g/mol. The molecule has 2 rings (SSSR count). The maximum atomic E-state index is 12.8. The van der Waals surface area contributed by atoms with E-state index < -0.39 is 0 Å². The lowest BCUT2D eigenvalue weighted by atomic mass is 9.96. The first-order valence-electron chi connectivity index (χ1n) is 9.61. The van der Waals surface area contributed by atoms with Gasteiger partial charge < -0.3 is 24.6 Å². The maximum absolute atomic E-state index is 12.8. The predicted molar refractivity (Wildman–Crippen MR) is 110 cm³/mol. The van der Waals surface area contributed by atoms with Gasteiger partial charge in [0.05, 0.1) is 30.5 Å². The van der Waals surface area contributed by atoms with Crippen LogP contribution >= 0.6 is 0 Å². The Labute approximate surface area is 163 Å². The smallest absolute Gasteiger partial charge is 0.242 e. The van der Waals surface area contributed by atoms with Gasteiger partial charge in [-0.2, -0.15) is 0 Å². The molecule has 1 aromatic rings. The highest BCUT2D eigenvalue weighted by molar-refractivity contribution is 5.88. The molecule has 0 unspecified atom stereocenters. The van der Waals surface area contributed by atoms with Gasteiger partial charge in [0.2, 0.25) is 11.9 Å². The van der Waals surface area contributed by atoms with Crippen molar-refractivity contribution in [3.63, 3.8) is 0 Å². The summed E-state index contributed by atoms with van der Waals surface area (Å²) in [6.45, 7) is 12.8. The molecule has 27 heavy (non-hydrogen) atoms. The van der Waals surface area contributed by atoms with Gasteiger partial charge in [-0.15, -0.1) is 0 Å². The van der Waals surface area contributed by atoms with Gasteiger partial charge in [0, 0.05) is 40.3 Å². The SMILES string of the molecule is CCNC(=NCc1cnc(N(C)C)n1C)N1CC(=O)N(C(C)C)C(C)(C)C1. The molecule has 8 heteroatoms. The van der Waals surface area contributed by atoms with Crippen molar-refractivity contribution in [2.24, 2.45) is 12.0 Å². The molecule has 1 amide bonds. The Morgan fingerprint density at radius 3 is 2.56 bits per heavy atom. The van der Waals surface area contributed by atoms with Gasteiger partial charge in [0.1, 0.15) is 0 Å². The highest BCUT2D eigenvalue weighted by Crippen LogP contribution is 2.24. The van der Waals surface area contributed by atoms with Crippen molar-refractivity contribution in [2.75, 3.05) is 38.6 Å². The third-order valence-corrected chi connectivity index (χ3v) is 4.83. The van der Waals surface area contributed by atoms with Gasteiger partial charge in [0.25, 0.3) is 0 Å². The molecule has 2 heterocycles. The lowest BCUT2D eigenvalue weighted by Crippen LogP contribution is -2.66. The lowest BCUT2D eigenvalue weighted by Gasteiger charge is -2.49. The van der Waals surface area contributed by atoms with Gasteiger partial charge >= 0.3 is 0 Å². The van der Waals surface area contributed by atoms with Crippen LogP contribution in [0.25, 0.3) is 0 Å². The molecule has 0 spiro atoms. The van der Waals surface area contributed by atoms with Crippen LogP contribution in [0, 0.1) is 0 Å². The fourth-order valence-corrected chi connectivity index (χ4v) is 3.89. The summed E-state index contributed by atoms with van der Waals surface area (Å²) >= 11 is 0. The molecular formula is C19H35N7O. The number of nitrogens with one attached hydrogen (secondary N) is 1. The molecule has 8 nitrogen and oxygen atoms in total. The number of guanidine groups is 1. The Bertz CT molecular complexity index is 690. The number of nitrogens with zero attached hydrogens (tertiary/aromatic N) is 6. The van der Waals surface area contributed by atoms with E-state index in [-0.39, 0.29) is 17.5 Å². The standard InChI is InChI=1S/C19H35N7O/c1-9-20-17(21-10-15-11-22-18(23(6)7)24(15)8)25-12-16(27)26(14(2)3)19(4,5)13-25/h11,14H,9-10,12-13H2,1-8H3,(H,20,21). The molecule has 1 aliphatic rings. The van der Waals surface area contributed by atoms with Crippen molar-refractivity contribution in [2.45, 2.75) is 52.7 Å². The Morgan fingerprint density at radius 2 is 2.07 bits per heavy atom. The monoisotopic (exact) mass is 377 g/mol. The van der Waals surface area contributed by atoms with Gasteiger partial charge in [-0.3, -0.25) is 4.79 Å². The summed E-state index contributed by atoms with van der Waals surface area (Å²) in [6, 6.07) is 0.188. The highest BCUT2D eigenvalue weighted by Gasteiger charge is 2.40. The third kappa shape index (κ3) is 4.54. The second-order valence-electron chi connectivity index (χ2n) is 8.20. The van der Waals surface area contributed by atoms with Gasteiger partial charge in [-0.1, -0.05) is 0 Å². The van der Waals surface area contributed by atoms with Crippen LogP contribution in [0.4, 0.5) is 5.95 Å². The molecular weight excluding hydrogens is 342 g/mol. The molecule has 0 atom stereocenters. The largest absolute Gasteiger partial charge is 0.356 e. The molecule has 152 valence electrons. The first-order chi connectivity index (χ1) is 12.6. The van der Waals surface area contributed by atoms with E-state index in [2.05, 4.69) is 42.9 Å². The predicted octanol–water partition coefficient (Wildman–Crippen LogP) is 1.28. The fraction of sp³-hybridized carbons (Fsp3) is 0.737. The fourth-order valence-electron chi connectivity index (χ4n) is 3.89. The van der Waals surface area contributed by atoms with E-state index in [4.69, 9.17) is 4.99 Å². The minimum absolute atomic E-state index is 0.141. The molecule has 0 aromatic carbocycles. The summed E-state index contributed by atoms with van der Waals surface area (Å²) in [5.41, 5.74) is 0.783. The van der Waals surface area contributed by atoms with Crippen LogP contribution in [0.15, 0.2) is 11.2 Å². The summed E-state index contributed by atoms with van der Waals surface area (Å²) in [4.78, 5) is 28.0. The average Bonchev–Trinajstić information content (AvgIpc) is 2.90. The minimum atomic E-state index is -0.246. The zero-order valence-corrected chi connectivity index (χ0v) is 18.1. The number of carbonyl (C=O) groups is 1. The summed E-state index contributed by atoms with van der Waals surface area (Å²) in [5.74, 6) is 1.81. The molecule has 1 fully saturated rings. The summed E-state index contributed by atoms with van der Waals surface area (Å²) in [6.07, 6.45) is 1.86. The number of aliphatic imine (C=N–C) groups is 1. The number of rotatable bonds is 5. The van der Waals surface area contributed by atoms with E-state index in [1.807, 2.05) is 48.6 Å². The zero-order valence-electron chi connectivity index (χ0n) is 18.1. The van der Waals surface area contributed by atoms with Crippen LogP contribution in [0.1, 0.15) is 40.3 Å². The van der Waals surface area contributed by atoms with Crippen molar-refractivity contribution in [3.05, 3.63) is 11.9 Å². The second-order valence-corrected chi connectivity index (χ2v) is 8.20. The molecule has 0 aliphatic carbocycles. The van der Waals surface area contributed by atoms with Crippen LogP contribution in [0.3, 0.4) is 0 Å². The van der Waals surface area contributed by atoms with Gasteiger partial charge in [0.15, 0.2) is 5.96 Å². The first kappa shape index (κ1) is 21.1. The van der Waals surface area contributed by atoms with Crippen molar-refractivity contribution >= 4 is 17.8 Å². The van der Waals surface area contributed by atoms with Crippen molar-refractivity contribution in [1.82, 2.24) is 24.7 Å². The summed E-state index contributed by atoms with van der Waals surface area (Å²) in [5, 5.41) is 3.34. The van der Waals surface area contributed by atoms with Gasteiger partial charge in [-0.25, -0.2) is 9.98 Å². The number of carbonyl (C=O) groups excluding carboxylic acids is 1. The van der Waals surface area contributed by atoms with Crippen LogP contribution in [-0.4, -0.2) is 76.5 Å². The van der Waals surface area contributed by atoms with Crippen molar-refractivity contribution in [3.8, 4) is 0 Å². The third-order valence-electron chi connectivity index (χ3n) is 4.83. The van der Waals surface area contributed by atoms with Crippen molar-refractivity contribution in [1.29, 1.82) is 0 Å². The number of piperazine rings is 1. The highest BCUT2D eigenvalue weighted by atomic mass is 16.2. The minimum Gasteiger partial charge on any atom is -0.356 e. The van der Waals surface area contributed by atoms with Crippen LogP contribution in [0.5, 0.6) is 0 Å². The number of hydrogen-bond donors (Lipinski definition) is 1. The van der Waals surface area contributed by atoms with Crippen LogP contribution < -0.4 is 10.2 Å². The first-order valence-corrected chi connectivity index (χ1v) is 9.61. The molecule has 0 bridgehead atoms. The number of imidazole rings is 1. The number of hydrogen-bond acceptors (Lipinski definition) is 4. The summed E-state index contributed by atoms with van der Waals surface area (Å²) in [7, 11) is 5.94. The molecule has 1 N–H and O–H groups in total. The molecule has 0 saturated carbocycles. The molecule has 1 saturated heterocycles. The normalized spacial score (nSPS) is 17.7. The number of amides is 1. The van der Waals surface area contributed by atoms with E-state index in [1.165, 1.54) is 0 Å². The molecule has 1 aromatic heterocycles. The molecule has 1 aliphatic heterocycles. The maximum Gasteiger partial charge on any atom is 0.242 e. The topological polar surface area (TPSA) is 69.0 Å². The Morgan fingerprint density at radius 1 is 1.41 bits per heavy atom. The zero-order chi connectivity index (χ0) is 20.4. The lowest BCUT2D eigenvalue weighted by molar-refractivity contribution is -0.145. The van der Waals surface area contributed by atoms with Crippen LogP contribution in [-0.2, 0) is 18.4 Å². The van der Waals surface area contributed by atoms with Gasteiger partial charge in [-0.05, 0) is 34.6 Å². The van der Waals surface area contributed by atoms with Crippen molar-refractivity contribution < 1.29 is 4.79 Å². The molecule has 0 radical (unpaired) electrons. The van der Waals surface area contributed by atoms with Crippen LogP contribution in [0.2, 0.25) is 0 Å². The van der Waals surface area contributed by atoms with E-state index >= 15 is 0 Å². The van der Waals surface area contributed by atoms with E-state index in [0.29, 0.717) is 13.1 Å². The van der Waals surface area contributed by atoms with E-state index in [9.17, 15) is 4.79 Å². The Balaban J connectivity index is 2.22. The van der Waals surface area contributed by atoms with E-state index in [1.54, 1.807) is 0 Å². The Hall–Kier alpha value is -2.25. The quantitative estimate of drug-likeness (QED) is 0.618. The number of anilines is 1. The summed E-state index contributed by atoms with van der Waals surface area (Å²) < 4.78 is 2.04. The van der Waals surface area contributed by atoms with E-state index in [0.717, 1.165) is 30.7 Å². The number of aromatic nitrogens is 2. The second kappa shape index (κ2) is 8.19.